The number of hydrogen-bond donors (Lipinski definition) is 2. The largest absolute Gasteiger partial charge is 0.490 e. The summed E-state index contributed by atoms with van der Waals surface area (Å²) in [5.74, 6) is 0.526. The fourth-order valence-corrected chi connectivity index (χ4v) is 4.06. The Kier molecular flexibility index (Phi) is 7.50. The second-order valence-electron chi connectivity index (χ2n) is 8.27. The van der Waals surface area contributed by atoms with Gasteiger partial charge < -0.3 is 15.4 Å². The molecule has 0 heterocycles. The normalized spacial score (nSPS) is 13.8. The number of aryl methyl sites for hydroxylation is 4. The predicted octanol–water partition coefficient (Wildman–Crippen LogP) is 4.62. The molecule has 30 heavy (non-hydrogen) atoms. The molecule has 1 aliphatic carbocycles. The molecule has 1 saturated carbocycles. The van der Waals surface area contributed by atoms with Crippen LogP contribution in [0.5, 0.6) is 5.75 Å². The minimum Gasteiger partial charge on any atom is -0.490 e. The molecule has 0 radical (unpaired) electrons. The van der Waals surface area contributed by atoms with E-state index >= 15 is 0 Å². The second kappa shape index (κ2) is 10.3. The van der Waals surface area contributed by atoms with Gasteiger partial charge in [-0.1, -0.05) is 29.8 Å². The van der Waals surface area contributed by atoms with Crippen LogP contribution in [-0.2, 0) is 16.0 Å². The molecular formula is C25H32N2O3. The zero-order valence-corrected chi connectivity index (χ0v) is 18.2. The molecule has 2 aromatic rings. The Morgan fingerprint density at radius 2 is 1.70 bits per heavy atom. The number of hydrogen-bond acceptors (Lipinski definition) is 3. The van der Waals surface area contributed by atoms with Gasteiger partial charge in [0.2, 0.25) is 11.8 Å². The molecule has 0 bridgehead atoms. The molecule has 0 spiro atoms. The average Bonchev–Trinajstić information content (AvgIpc) is 3.21. The molecule has 0 aromatic heterocycles. The average molecular weight is 409 g/mol. The Morgan fingerprint density at radius 3 is 2.40 bits per heavy atom. The Morgan fingerprint density at radius 1 is 1.00 bits per heavy atom. The molecule has 5 nitrogen and oxygen atoms in total. The van der Waals surface area contributed by atoms with Gasteiger partial charge in [0.05, 0.1) is 12.6 Å². The highest BCUT2D eigenvalue weighted by Gasteiger charge is 2.16. The van der Waals surface area contributed by atoms with Crippen LogP contribution in [0, 0.1) is 20.8 Å². The van der Waals surface area contributed by atoms with Crippen LogP contribution < -0.4 is 15.4 Å². The van der Waals surface area contributed by atoms with E-state index in [2.05, 4.69) is 10.6 Å². The molecule has 3 rings (SSSR count). The van der Waals surface area contributed by atoms with E-state index in [0.29, 0.717) is 18.9 Å². The topological polar surface area (TPSA) is 67.4 Å². The smallest absolute Gasteiger partial charge is 0.243 e. The number of benzene rings is 2. The monoisotopic (exact) mass is 408 g/mol. The van der Waals surface area contributed by atoms with E-state index in [9.17, 15) is 9.59 Å². The van der Waals surface area contributed by atoms with Crippen molar-refractivity contribution in [1.82, 2.24) is 5.32 Å². The fraction of sp³-hybridized carbons (Fsp3) is 0.440. The van der Waals surface area contributed by atoms with Crippen LogP contribution in [0.15, 0.2) is 36.4 Å². The number of carbonyl (C=O) groups is 2. The number of rotatable bonds is 8. The summed E-state index contributed by atoms with van der Waals surface area (Å²) in [6.45, 7) is 5.94. The maximum atomic E-state index is 12.2. The van der Waals surface area contributed by atoms with E-state index in [1.807, 2.05) is 57.2 Å². The Balaban J connectivity index is 1.43. The summed E-state index contributed by atoms with van der Waals surface area (Å²) in [7, 11) is 0. The summed E-state index contributed by atoms with van der Waals surface area (Å²) in [6.07, 6.45) is 5.99. The van der Waals surface area contributed by atoms with Crippen molar-refractivity contribution in [3.63, 3.8) is 0 Å². The first kappa shape index (κ1) is 21.9. The van der Waals surface area contributed by atoms with Gasteiger partial charge in [-0.05, 0) is 81.7 Å². The van der Waals surface area contributed by atoms with Gasteiger partial charge in [-0.15, -0.1) is 0 Å². The minimum absolute atomic E-state index is 0.0313. The van der Waals surface area contributed by atoms with E-state index in [4.69, 9.17) is 4.74 Å². The number of carbonyl (C=O) groups excluding carboxylic acids is 2. The Labute approximate surface area is 179 Å². The lowest BCUT2D eigenvalue weighted by atomic mass is 10.1. The van der Waals surface area contributed by atoms with Gasteiger partial charge in [-0.2, -0.15) is 0 Å². The molecule has 0 atom stereocenters. The highest BCUT2D eigenvalue weighted by molar-refractivity contribution is 5.95. The lowest BCUT2D eigenvalue weighted by Gasteiger charge is -2.14. The lowest BCUT2D eigenvalue weighted by Crippen LogP contribution is -2.33. The Bertz CT molecular complexity index is 878. The quantitative estimate of drug-likeness (QED) is 0.670. The summed E-state index contributed by atoms with van der Waals surface area (Å²) in [5.41, 5.74) is 5.09. The molecule has 2 amide bonds. The first-order chi connectivity index (χ1) is 14.4. The van der Waals surface area contributed by atoms with E-state index in [1.165, 1.54) is 12.8 Å². The van der Waals surface area contributed by atoms with E-state index in [0.717, 1.165) is 46.5 Å². The van der Waals surface area contributed by atoms with Crippen molar-refractivity contribution >= 4 is 17.5 Å². The second-order valence-corrected chi connectivity index (χ2v) is 8.27. The molecule has 1 aliphatic rings. The van der Waals surface area contributed by atoms with Crippen molar-refractivity contribution < 1.29 is 14.3 Å². The maximum Gasteiger partial charge on any atom is 0.243 e. The van der Waals surface area contributed by atoms with Gasteiger partial charge in [0.1, 0.15) is 5.75 Å². The predicted molar refractivity (Wildman–Crippen MR) is 120 cm³/mol. The van der Waals surface area contributed by atoms with Crippen LogP contribution in [0.3, 0.4) is 0 Å². The highest BCUT2D eigenvalue weighted by Crippen LogP contribution is 2.25. The molecule has 0 saturated heterocycles. The van der Waals surface area contributed by atoms with Gasteiger partial charge in [0.25, 0.3) is 0 Å². The molecule has 1 fully saturated rings. The van der Waals surface area contributed by atoms with Gasteiger partial charge in [-0.25, -0.2) is 0 Å². The van der Waals surface area contributed by atoms with Crippen LogP contribution in [0.25, 0.3) is 0 Å². The third-order valence-electron chi connectivity index (χ3n) is 5.53. The SMILES string of the molecule is Cc1cc(C)c(NC(=O)CNC(=O)CCc2cccc(OC3CCCC3)c2)c(C)c1. The van der Waals surface area contributed by atoms with Crippen LogP contribution in [0.4, 0.5) is 5.69 Å². The molecule has 2 N–H and O–H groups in total. The fourth-order valence-electron chi connectivity index (χ4n) is 4.06. The van der Waals surface area contributed by atoms with Crippen LogP contribution >= 0.6 is 0 Å². The van der Waals surface area contributed by atoms with Crippen LogP contribution in [0.1, 0.15) is 54.4 Å². The molecule has 160 valence electrons. The summed E-state index contributed by atoms with van der Waals surface area (Å²) < 4.78 is 6.03. The third kappa shape index (κ3) is 6.34. The molecule has 0 unspecified atom stereocenters. The minimum atomic E-state index is -0.217. The van der Waals surface area contributed by atoms with Crippen molar-refractivity contribution in [2.45, 2.75) is 65.4 Å². The zero-order valence-electron chi connectivity index (χ0n) is 18.2. The highest BCUT2D eigenvalue weighted by atomic mass is 16.5. The van der Waals surface area contributed by atoms with Crippen molar-refractivity contribution in [3.8, 4) is 5.75 Å². The lowest BCUT2D eigenvalue weighted by molar-refractivity contribution is -0.124. The van der Waals surface area contributed by atoms with Gasteiger partial charge in [-0.3, -0.25) is 9.59 Å². The maximum absolute atomic E-state index is 12.2. The van der Waals surface area contributed by atoms with Gasteiger partial charge >= 0.3 is 0 Å². The van der Waals surface area contributed by atoms with Crippen molar-refractivity contribution in [3.05, 3.63) is 58.7 Å². The van der Waals surface area contributed by atoms with E-state index < -0.39 is 0 Å². The molecular weight excluding hydrogens is 376 g/mol. The summed E-state index contributed by atoms with van der Waals surface area (Å²) >= 11 is 0. The first-order valence-electron chi connectivity index (χ1n) is 10.8. The van der Waals surface area contributed by atoms with Gasteiger partial charge in [0.15, 0.2) is 0 Å². The van der Waals surface area contributed by atoms with E-state index in [-0.39, 0.29) is 18.4 Å². The summed E-state index contributed by atoms with van der Waals surface area (Å²) in [6, 6.07) is 12.0. The van der Waals surface area contributed by atoms with Crippen molar-refractivity contribution in [2.75, 3.05) is 11.9 Å². The van der Waals surface area contributed by atoms with E-state index in [1.54, 1.807) is 0 Å². The zero-order chi connectivity index (χ0) is 21.5. The number of anilines is 1. The first-order valence-corrected chi connectivity index (χ1v) is 10.8. The Hall–Kier alpha value is -2.82. The standard InChI is InChI=1S/C25H32N2O3/c1-17-13-18(2)25(19(3)14-17)27-24(29)16-26-23(28)12-11-20-7-6-10-22(15-20)30-21-8-4-5-9-21/h6-7,10,13-15,21H,4-5,8-9,11-12,16H2,1-3H3,(H,26,28)(H,27,29). The number of ether oxygens (including phenoxy) is 1. The molecule has 0 aliphatic heterocycles. The van der Waals surface area contributed by atoms with Crippen LogP contribution in [0.2, 0.25) is 0 Å². The van der Waals surface area contributed by atoms with Crippen LogP contribution in [-0.4, -0.2) is 24.5 Å². The molecule has 2 aromatic carbocycles. The summed E-state index contributed by atoms with van der Waals surface area (Å²) in [5, 5.41) is 5.62. The third-order valence-corrected chi connectivity index (χ3v) is 5.53. The van der Waals surface area contributed by atoms with Crippen molar-refractivity contribution in [2.24, 2.45) is 0 Å². The molecule has 5 heteroatoms. The van der Waals surface area contributed by atoms with Crippen molar-refractivity contribution in [1.29, 1.82) is 0 Å². The van der Waals surface area contributed by atoms with Gasteiger partial charge in [0, 0.05) is 12.1 Å². The number of amides is 2. The number of nitrogens with one attached hydrogen (secondary N) is 2. The summed E-state index contributed by atoms with van der Waals surface area (Å²) in [4.78, 5) is 24.4.